The Hall–Kier alpha value is 0.841. The van der Waals surface area contributed by atoms with Crippen molar-refractivity contribution in [2.24, 2.45) is 0 Å². The van der Waals surface area contributed by atoms with Crippen molar-refractivity contribution in [2.75, 3.05) is 39.4 Å². The molecule has 0 N–H and O–H groups in total. The molecule has 1 saturated heterocycles. The number of rotatable bonds is 11. The Bertz CT molecular complexity index is 331. The molecule has 0 amide bonds. The highest BCUT2D eigenvalue weighted by Gasteiger charge is 2.46. The minimum absolute atomic E-state index is 0.912. The van der Waals surface area contributed by atoms with Crippen LogP contribution in [-0.4, -0.2) is 68.9 Å². The Labute approximate surface area is 151 Å². The van der Waals surface area contributed by atoms with E-state index in [4.69, 9.17) is 13.3 Å². The highest BCUT2D eigenvalue weighted by atomic mass is 32.2. The molecule has 0 saturated carbocycles. The lowest BCUT2D eigenvalue weighted by Crippen LogP contribution is -2.55. The predicted octanol–water partition coefficient (Wildman–Crippen LogP) is 4.10. The van der Waals surface area contributed by atoms with Crippen LogP contribution in [0.3, 0.4) is 0 Å². The van der Waals surface area contributed by atoms with Gasteiger partial charge < -0.3 is 17.5 Å². The topological polar surface area (TPSA) is 30.9 Å². The molecule has 0 aliphatic carbocycles. The van der Waals surface area contributed by atoms with Crippen molar-refractivity contribution in [1.29, 1.82) is 0 Å². The summed E-state index contributed by atoms with van der Waals surface area (Å²) in [5, 5.41) is 0. The summed E-state index contributed by atoms with van der Waals surface area (Å²) in [5.41, 5.74) is 0. The first-order valence-electron chi connectivity index (χ1n) is 8.74. The Morgan fingerprint density at radius 2 is 1.35 bits per heavy atom. The first-order valence-corrected chi connectivity index (χ1v) is 18.1. The van der Waals surface area contributed by atoms with Gasteiger partial charge >= 0.3 is 8.80 Å². The Balaban J connectivity index is 2.19. The van der Waals surface area contributed by atoms with Crippen LogP contribution in [0.4, 0.5) is 0 Å². The van der Waals surface area contributed by atoms with Crippen molar-refractivity contribution in [3.63, 3.8) is 0 Å². The van der Waals surface area contributed by atoms with Crippen LogP contribution in [0.25, 0.3) is 0 Å². The number of thioether (sulfide) groups is 1. The largest absolute Gasteiger partial charge is 0.500 e. The summed E-state index contributed by atoms with van der Waals surface area (Å²) < 4.78 is 19.4. The lowest BCUT2D eigenvalue weighted by atomic mass is 10.5. The van der Waals surface area contributed by atoms with E-state index in [1.54, 1.807) is 21.3 Å². The van der Waals surface area contributed by atoms with Crippen LogP contribution in [0.5, 0.6) is 0 Å². The summed E-state index contributed by atoms with van der Waals surface area (Å²) in [4.78, 5) is 0. The van der Waals surface area contributed by atoms with E-state index in [0.717, 1.165) is 12.5 Å². The summed E-state index contributed by atoms with van der Waals surface area (Å²) in [6, 6.07) is 3.93. The van der Waals surface area contributed by atoms with E-state index in [2.05, 4.69) is 42.2 Å². The van der Waals surface area contributed by atoms with Gasteiger partial charge in [-0.25, -0.2) is 0 Å². The fourth-order valence-electron chi connectivity index (χ4n) is 3.68. The molecule has 23 heavy (non-hydrogen) atoms. The Kier molecular flexibility index (Phi) is 9.05. The van der Waals surface area contributed by atoms with E-state index in [-0.39, 0.29) is 0 Å². The smallest absolute Gasteiger partial charge is 0.377 e. The van der Waals surface area contributed by atoms with Crippen LogP contribution >= 0.6 is 11.8 Å². The fraction of sp³-hybridized carbons (Fsp3) is 1.00. The maximum absolute atomic E-state index is 5.46. The van der Waals surface area contributed by atoms with Gasteiger partial charge in [-0.3, -0.25) is 0 Å². The summed E-state index contributed by atoms with van der Waals surface area (Å²) in [6.07, 6.45) is 2.44. The van der Waals surface area contributed by atoms with Crippen molar-refractivity contribution >= 4 is 37.0 Å². The van der Waals surface area contributed by atoms with Gasteiger partial charge in [0.1, 0.15) is 16.5 Å². The minimum Gasteiger partial charge on any atom is -0.377 e. The Morgan fingerprint density at radius 1 is 0.870 bits per heavy atom. The van der Waals surface area contributed by atoms with Crippen molar-refractivity contribution in [3.8, 4) is 0 Å². The number of nitrogens with zero attached hydrogens (tertiary/aromatic N) is 1. The van der Waals surface area contributed by atoms with E-state index in [1.807, 2.05) is 0 Å². The maximum atomic E-state index is 5.46. The van der Waals surface area contributed by atoms with E-state index < -0.39 is 25.3 Å². The second-order valence-electron chi connectivity index (χ2n) is 7.64. The zero-order chi connectivity index (χ0) is 17.6. The molecule has 1 heterocycles. The average molecular weight is 396 g/mol. The molecule has 0 unspecified atom stereocenters. The zero-order valence-corrected chi connectivity index (χ0v) is 20.1. The average Bonchev–Trinajstić information content (AvgIpc) is 2.72. The molecule has 8 heteroatoms. The van der Waals surface area contributed by atoms with Gasteiger partial charge in [-0.2, -0.15) is 11.8 Å². The van der Waals surface area contributed by atoms with Gasteiger partial charge in [-0.05, 0) is 43.0 Å². The van der Waals surface area contributed by atoms with Crippen LogP contribution in [0, 0.1) is 0 Å². The molecular weight excluding hydrogens is 358 g/mol. The lowest BCUT2D eigenvalue weighted by molar-refractivity contribution is 0.123. The highest BCUT2D eigenvalue weighted by molar-refractivity contribution is 7.99. The highest BCUT2D eigenvalue weighted by Crippen LogP contribution is 2.36. The van der Waals surface area contributed by atoms with Gasteiger partial charge in [0.05, 0.1) is 0 Å². The lowest BCUT2D eigenvalue weighted by Gasteiger charge is -2.38. The Morgan fingerprint density at radius 3 is 1.83 bits per heavy atom. The van der Waals surface area contributed by atoms with Crippen LogP contribution in [0.1, 0.15) is 12.8 Å². The fourth-order valence-corrected chi connectivity index (χ4v) is 20.7. The second-order valence-corrected chi connectivity index (χ2v) is 21.7. The van der Waals surface area contributed by atoms with Gasteiger partial charge in [0.25, 0.3) is 0 Å². The third-order valence-electron chi connectivity index (χ3n) is 5.19. The van der Waals surface area contributed by atoms with Crippen molar-refractivity contribution < 1.29 is 13.3 Å². The second kappa shape index (κ2) is 9.51. The molecule has 0 aromatic heterocycles. The van der Waals surface area contributed by atoms with Gasteiger partial charge in [-0.15, -0.1) is 0 Å². The van der Waals surface area contributed by atoms with Crippen LogP contribution < -0.4 is 0 Å². The van der Waals surface area contributed by atoms with E-state index in [0.29, 0.717) is 0 Å². The van der Waals surface area contributed by atoms with Gasteiger partial charge in [0.2, 0.25) is 0 Å². The molecule has 0 spiro atoms. The predicted molar refractivity (Wildman–Crippen MR) is 109 cm³/mol. The van der Waals surface area contributed by atoms with Crippen LogP contribution in [0.2, 0.25) is 44.3 Å². The van der Waals surface area contributed by atoms with E-state index >= 15 is 0 Å². The molecular formula is C15H37NO3SSi3. The molecule has 0 atom stereocenters. The SMILES string of the molecule is CO[Si](CCCSCCCN1[Si](C)(C)CC[Si]1(C)C)(OC)OC. The monoisotopic (exact) mass is 395 g/mol. The van der Waals surface area contributed by atoms with Crippen molar-refractivity contribution in [1.82, 2.24) is 4.23 Å². The normalized spacial score (nSPS) is 21.0. The van der Waals surface area contributed by atoms with Crippen LogP contribution in [0.15, 0.2) is 0 Å². The molecule has 138 valence electrons. The molecule has 1 rings (SSSR count). The molecule has 0 aromatic carbocycles. The summed E-state index contributed by atoms with van der Waals surface area (Å²) in [6.45, 7) is 11.6. The summed E-state index contributed by atoms with van der Waals surface area (Å²) in [7, 11) is 0.570. The third kappa shape index (κ3) is 6.25. The van der Waals surface area contributed by atoms with E-state index in [1.165, 1.54) is 36.6 Å². The van der Waals surface area contributed by atoms with Gasteiger partial charge in [0.15, 0.2) is 0 Å². The molecule has 0 bridgehead atoms. The molecule has 1 aliphatic rings. The van der Waals surface area contributed by atoms with Gasteiger partial charge in [-0.1, -0.05) is 26.2 Å². The molecule has 1 aliphatic heterocycles. The summed E-state index contributed by atoms with van der Waals surface area (Å²) >= 11 is 2.07. The first-order chi connectivity index (χ1) is 10.7. The van der Waals surface area contributed by atoms with Crippen LogP contribution in [-0.2, 0) is 13.3 Å². The number of hydrogen-bond acceptors (Lipinski definition) is 5. The molecule has 1 fully saturated rings. The van der Waals surface area contributed by atoms with Crippen molar-refractivity contribution in [3.05, 3.63) is 0 Å². The number of hydrogen-bond donors (Lipinski definition) is 0. The quantitative estimate of drug-likeness (QED) is 0.388. The summed E-state index contributed by atoms with van der Waals surface area (Å²) in [5.74, 6) is 2.44. The molecule has 0 radical (unpaired) electrons. The third-order valence-corrected chi connectivity index (χ3v) is 19.6. The molecule has 0 aromatic rings. The zero-order valence-electron chi connectivity index (χ0n) is 16.2. The molecule has 4 nitrogen and oxygen atoms in total. The van der Waals surface area contributed by atoms with Crippen molar-refractivity contribution in [2.45, 2.75) is 57.2 Å². The van der Waals surface area contributed by atoms with E-state index in [9.17, 15) is 0 Å². The minimum atomic E-state index is -2.36. The standard InChI is InChI=1S/C15H37NO3SSi3/c1-17-23(18-2,19-3)13-9-12-20-11-8-10-16-21(4,5)14-15-22(16,6)7/h8-15H2,1-7H3. The van der Waals surface area contributed by atoms with Gasteiger partial charge in [0, 0.05) is 27.4 Å². The first kappa shape index (κ1) is 21.9. The maximum Gasteiger partial charge on any atom is 0.500 e.